The van der Waals surface area contributed by atoms with Gasteiger partial charge in [0, 0.05) is 23.3 Å². The van der Waals surface area contributed by atoms with Gasteiger partial charge in [0.1, 0.15) is 44.5 Å². The predicted octanol–water partition coefficient (Wildman–Crippen LogP) is 0.645. The molecule has 36 heavy (non-hydrogen) atoms. The maximum atomic E-state index is 12.7. The zero-order valence-corrected chi connectivity index (χ0v) is 19.2. The van der Waals surface area contributed by atoms with E-state index in [9.17, 15) is 24.0 Å². The first kappa shape index (κ1) is 26.1. The zero-order valence-electron chi connectivity index (χ0n) is 19.2. The van der Waals surface area contributed by atoms with Crippen LogP contribution >= 0.6 is 0 Å². The van der Waals surface area contributed by atoms with Crippen molar-refractivity contribution in [2.75, 3.05) is 39.5 Å². The molecule has 0 spiro atoms. The van der Waals surface area contributed by atoms with Gasteiger partial charge in [0.15, 0.2) is 5.78 Å². The van der Waals surface area contributed by atoms with Crippen molar-refractivity contribution < 1.29 is 42.9 Å². The number of esters is 2. The van der Waals surface area contributed by atoms with Crippen LogP contribution in [0.2, 0.25) is 0 Å². The summed E-state index contributed by atoms with van der Waals surface area (Å²) in [4.78, 5) is 59.1. The first-order valence-corrected chi connectivity index (χ1v) is 10.9. The molecule has 3 rings (SSSR count). The van der Waals surface area contributed by atoms with Gasteiger partial charge in [0.25, 0.3) is 11.8 Å². The number of amides is 2. The molecule has 2 amide bonds. The lowest BCUT2D eigenvalue weighted by Crippen LogP contribution is -2.36. The smallest absolute Gasteiger partial charge is 0.326 e. The summed E-state index contributed by atoms with van der Waals surface area (Å²) >= 11 is 0. The molecule has 2 aromatic carbocycles. The summed E-state index contributed by atoms with van der Waals surface area (Å²) in [5.41, 5.74) is 6.05. The predicted molar refractivity (Wildman–Crippen MR) is 124 cm³/mol. The van der Waals surface area contributed by atoms with Crippen molar-refractivity contribution in [3.8, 4) is 11.5 Å². The van der Waals surface area contributed by atoms with Gasteiger partial charge in [-0.2, -0.15) is 0 Å². The summed E-state index contributed by atoms with van der Waals surface area (Å²) < 4.78 is 20.7. The van der Waals surface area contributed by atoms with Gasteiger partial charge in [-0.25, -0.2) is 0 Å². The highest BCUT2D eigenvalue weighted by Gasteiger charge is 2.26. The molecule has 1 heterocycles. The molecule has 0 saturated carbocycles. The number of carbonyl (C=O) groups excluding carboxylic acids is 5. The number of ketones is 1. The van der Waals surface area contributed by atoms with E-state index < -0.39 is 30.3 Å². The fourth-order valence-corrected chi connectivity index (χ4v) is 3.02. The summed E-state index contributed by atoms with van der Waals surface area (Å²) in [6.45, 7) is -0.441. The van der Waals surface area contributed by atoms with Crippen molar-refractivity contribution >= 4 is 29.5 Å². The number of hydrogen-bond donors (Lipinski definition) is 1. The van der Waals surface area contributed by atoms with E-state index >= 15 is 0 Å². The van der Waals surface area contributed by atoms with Gasteiger partial charge in [0.05, 0.1) is 6.54 Å². The van der Waals surface area contributed by atoms with E-state index in [1.807, 2.05) is 0 Å². The molecule has 0 radical (unpaired) electrons. The van der Waals surface area contributed by atoms with Crippen molar-refractivity contribution in [3.63, 3.8) is 0 Å². The average Bonchev–Trinajstić information content (AvgIpc) is 3.21. The van der Waals surface area contributed by atoms with E-state index in [4.69, 9.17) is 24.7 Å². The van der Waals surface area contributed by atoms with E-state index in [0.29, 0.717) is 22.6 Å². The molecule has 2 aromatic rings. The van der Waals surface area contributed by atoms with Crippen LogP contribution in [0.5, 0.6) is 11.5 Å². The van der Waals surface area contributed by atoms with Crippen LogP contribution < -0.4 is 15.2 Å². The van der Waals surface area contributed by atoms with Crippen LogP contribution in [-0.2, 0) is 28.7 Å². The quantitative estimate of drug-likeness (QED) is 0.181. The Morgan fingerprint density at radius 2 is 1.11 bits per heavy atom. The van der Waals surface area contributed by atoms with Gasteiger partial charge in [0.2, 0.25) is 0 Å². The Bertz CT molecular complexity index is 1120. The van der Waals surface area contributed by atoms with E-state index in [1.165, 1.54) is 0 Å². The van der Waals surface area contributed by atoms with Crippen LogP contribution in [0.1, 0.15) is 15.9 Å². The minimum Gasteiger partial charge on any atom is -0.490 e. The first-order valence-electron chi connectivity index (χ1n) is 10.9. The van der Waals surface area contributed by atoms with E-state index in [1.54, 1.807) is 48.5 Å². The molecule has 188 valence electrons. The number of benzene rings is 2. The van der Waals surface area contributed by atoms with Crippen molar-refractivity contribution in [1.29, 1.82) is 0 Å². The maximum absolute atomic E-state index is 12.7. The summed E-state index contributed by atoms with van der Waals surface area (Å²) in [6.07, 6.45) is 2.18. The molecular weight excluding hydrogens is 472 g/mol. The Balaban J connectivity index is 1.39. The molecule has 0 fully saturated rings. The van der Waals surface area contributed by atoms with Crippen molar-refractivity contribution in [1.82, 2.24) is 4.90 Å². The maximum Gasteiger partial charge on any atom is 0.326 e. The lowest BCUT2D eigenvalue weighted by molar-refractivity contribution is -0.152. The normalized spacial score (nSPS) is 12.4. The fraction of sp³-hybridized carbons (Fsp3) is 0.240. The highest BCUT2D eigenvalue weighted by molar-refractivity contribution is 6.14. The molecule has 0 aliphatic carbocycles. The van der Waals surface area contributed by atoms with Gasteiger partial charge in [-0.1, -0.05) is 0 Å². The molecule has 0 bridgehead atoms. The van der Waals surface area contributed by atoms with E-state index in [0.717, 1.165) is 17.1 Å². The van der Waals surface area contributed by atoms with Crippen LogP contribution in [-0.4, -0.2) is 74.0 Å². The largest absolute Gasteiger partial charge is 0.490 e. The third kappa shape index (κ3) is 7.50. The van der Waals surface area contributed by atoms with Crippen LogP contribution in [0, 0.1) is 0 Å². The standard InChI is InChI=1S/C25H24N2O9/c26-15-23(30)35-13-11-33-19-5-1-17(2-6-19)25(32)18-3-7-20(8-4-18)34-12-14-36-24(31)16-27-21(28)9-10-22(27)29/h1-10H,11-16,26H2. The minimum absolute atomic E-state index is 0.0477. The topological polar surface area (TPSA) is 152 Å². The van der Waals surface area contributed by atoms with Crippen molar-refractivity contribution in [3.05, 3.63) is 71.8 Å². The monoisotopic (exact) mass is 496 g/mol. The minimum atomic E-state index is -0.726. The Morgan fingerprint density at radius 1 is 0.667 bits per heavy atom. The third-order valence-electron chi connectivity index (χ3n) is 4.82. The summed E-state index contributed by atoms with van der Waals surface area (Å²) in [5, 5.41) is 0. The fourth-order valence-electron chi connectivity index (χ4n) is 3.02. The Morgan fingerprint density at radius 3 is 1.56 bits per heavy atom. The van der Waals surface area contributed by atoms with Gasteiger partial charge in [-0.3, -0.25) is 28.9 Å². The number of imide groups is 1. The van der Waals surface area contributed by atoms with Crippen molar-refractivity contribution in [2.24, 2.45) is 5.73 Å². The molecule has 1 aliphatic heterocycles. The van der Waals surface area contributed by atoms with Gasteiger partial charge in [-0.15, -0.1) is 0 Å². The SMILES string of the molecule is NCC(=O)OCCOc1ccc(C(=O)c2ccc(OCCOC(=O)CN3C(=O)C=CC3=O)cc2)cc1. The van der Waals surface area contributed by atoms with Crippen LogP contribution in [0.15, 0.2) is 60.7 Å². The number of rotatable bonds is 13. The lowest BCUT2D eigenvalue weighted by atomic mass is 10.0. The number of hydrogen-bond acceptors (Lipinski definition) is 10. The summed E-state index contributed by atoms with van der Waals surface area (Å²) in [5.74, 6) is -1.56. The molecule has 0 atom stereocenters. The third-order valence-corrected chi connectivity index (χ3v) is 4.82. The lowest BCUT2D eigenvalue weighted by Gasteiger charge is -2.13. The van der Waals surface area contributed by atoms with Gasteiger partial charge in [-0.05, 0) is 48.5 Å². The average molecular weight is 496 g/mol. The highest BCUT2D eigenvalue weighted by Crippen LogP contribution is 2.18. The molecular formula is C25H24N2O9. The molecule has 11 heteroatoms. The Labute approximate surface area is 206 Å². The Hall–Kier alpha value is -4.51. The number of carbonyl (C=O) groups is 5. The highest BCUT2D eigenvalue weighted by atomic mass is 16.6. The molecule has 0 aromatic heterocycles. The summed E-state index contributed by atoms with van der Waals surface area (Å²) in [7, 11) is 0. The number of nitrogens with zero attached hydrogens (tertiary/aromatic N) is 1. The van der Waals surface area contributed by atoms with Crippen molar-refractivity contribution in [2.45, 2.75) is 0 Å². The molecule has 0 saturated heterocycles. The second kappa shape index (κ2) is 12.8. The molecule has 0 unspecified atom stereocenters. The zero-order chi connectivity index (χ0) is 25.9. The van der Waals surface area contributed by atoms with E-state index in [-0.39, 0.29) is 38.8 Å². The second-order valence-electron chi connectivity index (χ2n) is 7.32. The first-order chi connectivity index (χ1) is 17.4. The molecule has 11 nitrogen and oxygen atoms in total. The number of nitrogens with two attached hydrogens (primary N) is 1. The van der Waals surface area contributed by atoms with Gasteiger partial charge < -0.3 is 24.7 Å². The summed E-state index contributed by atoms with van der Waals surface area (Å²) in [6, 6.07) is 13.0. The second-order valence-corrected chi connectivity index (χ2v) is 7.32. The molecule has 1 aliphatic rings. The Kier molecular flexibility index (Phi) is 9.29. The van der Waals surface area contributed by atoms with E-state index in [2.05, 4.69) is 0 Å². The van der Waals surface area contributed by atoms with Gasteiger partial charge >= 0.3 is 11.9 Å². The van der Waals surface area contributed by atoms with Crippen LogP contribution in [0.4, 0.5) is 0 Å². The number of ether oxygens (including phenoxy) is 4. The van der Waals surface area contributed by atoms with Crippen LogP contribution in [0.25, 0.3) is 0 Å². The molecule has 2 N–H and O–H groups in total. The van der Waals surface area contributed by atoms with Crippen LogP contribution in [0.3, 0.4) is 0 Å².